The summed E-state index contributed by atoms with van der Waals surface area (Å²) in [5.74, 6) is 1.24. The Morgan fingerprint density at radius 3 is 2.52 bits per heavy atom. The highest BCUT2D eigenvalue weighted by molar-refractivity contribution is 5.79. The van der Waals surface area contributed by atoms with Crippen LogP contribution in [0.25, 0.3) is 0 Å². The number of rotatable bonds is 6. The molecule has 146 valence electrons. The number of hydrogen-bond acceptors (Lipinski definition) is 3. The third kappa shape index (κ3) is 4.46. The van der Waals surface area contributed by atoms with Gasteiger partial charge in [0.1, 0.15) is 5.75 Å². The van der Waals surface area contributed by atoms with E-state index in [-0.39, 0.29) is 0 Å². The van der Waals surface area contributed by atoms with Gasteiger partial charge in [-0.1, -0.05) is 6.08 Å². The van der Waals surface area contributed by atoms with E-state index in [2.05, 4.69) is 28.0 Å². The van der Waals surface area contributed by atoms with Crippen LogP contribution in [0.2, 0.25) is 0 Å². The largest absolute Gasteiger partial charge is 0.497 e. The number of carbonyl (C=O) groups excluding carboxylic acids is 1. The molecule has 0 spiro atoms. The Balaban J connectivity index is 1.31. The van der Waals surface area contributed by atoms with E-state index in [1.807, 2.05) is 12.1 Å². The van der Waals surface area contributed by atoms with Crippen molar-refractivity contribution in [1.29, 1.82) is 0 Å². The average Bonchev–Trinajstić information content (AvgIpc) is 3.55. The highest BCUT2D eigenvalue weighted by Gasteiger charge is 2.36. The maximum absolute atomic E-state index is 13.1. The van der Waals surface area contributed by atoms with Crippen molar-refractivity contribution in [1.82, 2.24) is 4.90 Å². The molecule has 0 unspecified atom stereocenters. The molecule has 5 nitrogen and oxygen atoms in total. The van der Waals surface area contributed by atoms with Crippen LogP contribution in [0, 0.1) is 0 Å². The molecule has 2 aliphatic carbocycles. The van der Waals surface area contributed by atoms with Gasteiger partial charge in [0.2, 0.25) is 0 Å². The van der Waals surface area contributed by atoms with Crippen molar-refractivity contribution in [2.75, 3.05) is 44.7 Å². The molecule has 1 N–H and O–H groups in total. The first kappa shape index (κ1) is 18.4. The van der Waals surface area contributed by atoms with E-state index in [0.29, 0.717) is 18.5 Å². The molecule has 4 rings (SSSR count). The van der Waals surface area contributed by atoms with Crippen molar-refractivity contribution in [3.05, 3.63) is 36.0 Å². The molecule has 1 aromatic carbocycles. The number of quaternary nitrogens is 1. The number of allylic oxidation sites excluding steroid dienone is 2. The Kier molecular flexibility index (Phi) is 5.67. The number of ether oxygens (including phenoxy) is 1. The van der Waals surface area contributed by atoms with Gasteiger partial charge in [-0.2, -0.15) is 0 Å². The minimum Gasteiger partial charge on any atom is -0.497 e. The van der Waals surface area contributed by atoms with Gasteiger partial charge in [-0.25, -0.2) is 0 Å². The van der Waals surface area contributed by atoms with Crippen LogP contribution in [0.1, 0.15) is 38.5 Å². The van der Waals surface area contributed by atoms with E-state index >= 15 is 0 Å². The second-order valence-electron chi connectivity index (χ2n) is 8.05. The average molecular weight is 371 g/mol. The van der Waals surface area contributed by atoms with E-state index < -0.39 is 0 Å². The smallest absolute Gasteiger partial charge is 0.282 e. The van der Waals surface area contributed by atoms with E-state index in [1.54, 1.807) is 7.11 Å². The summed E-state index contributed by atoms with van der Waals surface area (Å²) in [7, 11) is 1.70. The third-order valence-electron chi connectivity index (χ3n) is 6.07. The highest BCUT2D eigenvalue weighted by atomic mass is 16.5. The summed E-state index contributed by atoms with van der Waals surface area (Å²) in [5.41, 5.74) is 2.55. The number of nitrogens with zero attached hydrogens (tertiary/aromatic N) is 2. The zero-order valence-corrected chi connectivity index (χ0v) is 16.5. The lowest BCUT2D eigenvalue weighted by molar-refractivity contribution is -0.892. The molecule has 1 heterocycles. The summed E-state index contributed by atoms with van der Waals surface area (Å²) < 4.78 is 5.24. The SMILES string of the molecule is COc1ccc(N2CC[NH+](CC(=O)N(C3=CCCCC3)C3CC3)CC2)cc1. The van der Waals surface area contributed by atoms with Gasteiger partial charge in [0, 0.05) is 17.4 Å². The Labute approximate surface area is 162 Å². The standard InChI is InChI=1S/C22H31N3O2/c1-27-21-11-9-18(10-12-21)24-15-13-23(14-16-24)17-22(26)25(20-7-8-20)19-5-3-2-4-6-19/h5,9-12,20H,2-4,6-8,13-17H2,1H3/p+1. The van der Waals surface area contributed by atoms with E-state index in [9.17, 15) is 4.79 Å². The van der Waals surface area contributed by atoms with Crippen molar-refractivity contribution in [3.8, 4) is 5.75 Å². The molecule has 5 heteroatoms. The second-order valence-corrected chi connectivity index (χ2v) is 8.05. The maximum atomic E-state index is 13.1. The van der Waals surface area contributed by atoms with Crippen LogP contribution in [0.5, 0.6) is 5.75 Å². The van der Waals surface area contributed by atoms with Crippen molar-refractivity contribution < 1.29 is 14.4 Å². The molecule has 0 aromatic heterocycles. The number of nitrogens with one attached hydrogen (secondary N) is 1. The maximum Gasteiger partial charge on any atom is 0.282 e. The lowest BCUT2D eigenvalue weighted by Crippen LogP contribution is -3.15. The molecule has 3 aliphatic rings. The molecule has 1 aliphatic heterocycles. The van der Waals surface area contributed by atoms with Gasteiger partial charge in [0.25, 0.3) is 5.91 Å². The first-order valence-electron chi connectivity index (χ1n) is 10.5. The Hall–Kier alpha value is -2.01. The Morgan fingerprint density at radius 1 is 1.19 bits per heavy atom. The number of piperazine rings is 1. The normalized spacial score (nSPS) is 20.9. The number of anilines is 1. The lowest BCUT2D eigenvalue weighted by atomic mass is 10.0. The van der Waals surface area contributed by atoms with Crippen molar-refractivity contribution in [3.63, 3.8) is 0 Å². The van der Waals surface area contributed by atoms with Gasteiger partial charge in [-0.05, 0) is 62.8 Å². The zero-order valence-electron chi connectivity index (χ0n) is 16.5. The summed E-state index contributed by atoms with van der Waals surface area (Å²) in [5, 5.41) is 0. The van der Waals surface area contributed by atoms with Crippen molar-refractivity contribution in [2.24, 2.45) is 0 Å². The third-order valence-corrected chi connectivity index (χ3v) is 6.07. The molecule has 1 saturated heterocycles. The van der Waals surface area contributed by atoms with E-state index in [4.69, 9.17) is 4.74 Å². The van der Waals surface area contributed by atoms with Crippen LogP contribution in [-0.4, -0.2) is 56.7 Å². The first-order valence-corrected chi connectivity index (χ1v) is 10.5. The minimum atomic E-state index is 0.346. The Bertz CT molecular complexity index is 673. The topological polar surface area (TPSA) is 37.2 Å². The fraction of sp³-hybridized carbons (Fsp3) is 0.591. The van der Waals surface area contributed by atoms with Gasteiger partial charge in [-0.15, -0.1) is 0 Å². The molecule has 0 bridgehead atoms. The molecule has 1 amide bonds. The molecule has 0 radical (unpaired) electrons. The second kappa shape index (κ2) is 8.34. The fourth-order valence-corrected chi connectivity index (χ4v) is 4.32. The van der Waals surface area contributed by atoms with Gasteiger partial charge >= 0.3 is 0 Å². The van der Waals surface area contributed by atoms with Crippen LogP contribution in [0.3, 0.4) is 0 Å². The summed E-state index contributed by atoms with van der Waals surface area (Å²) in [6.07, 6.45) is 9.41. The van der Waals surface area contributed by atoms with Crippen LogP contribution >= 0.6 is 0 Å². The van der Waals surface area contributed by atoms with Gasteiger partial charge < -0.3 is 19.4 Å². The van der Waals surface area contributed by atoms with Gasteiger partial charge in [-0.3, -0.25) is 4.79 Å². The number of amides is 1. The summed E-state index contributed by atoms with van der Waals surface area (Å²) >= 11 is 0. The van der Waals surface area contributed by atoms with Crippen molar-refractivity contribution >= 4 is 11.6 Å². The van der Waals surface area contributed by atoms with Gasteiger partial charge in [0.15, 0.2) is 6.54 Å². The van der Waals surface area contributed by atoms with E-state index in [0.717, 1.165) is 44.8 Å². The quantitative estimate of drug-likeness (QED) is 0.830. The molecular formula is C22H32N3O2+. The number of hydrogen-bond donors (Lipinski definition) is 1. The predicted octanol–water partition coefficient (Wildman–Crippen LogP) is 1.85. The van der Waals surface area contributed by atoms with Crippen LogP contribution in [0.15, 0.2) is 36.0 Å². The summed E-state index contributed by atoms with van der Waals surface area (Å²) in [6.45, 7) is 4.69. The van der Waals surface area contributed by atoms with Gasteiger partial charge in [0.05, 0.1) is 33.3 Å². The zero-order chi connectivity index (χ0) is 18.6. The monoisotopic (exact) mass is 370 g/mol. The number of methoxy groups -OCH3 is 1. The molecule has 27 heavy (non-hydrogen) atoms. The lowest BCUT2D eigenvalue weighted by Gasteiger charge is -2.35. The molecular weight excluding hydrogens is 338 g/mol. The highest BCUT2D eigenvalue weighted by Crippen LogP contribution is 2.33. The van der Waals surface area contributed by atoms with Crippen LogP contribution < -0.4 is 14.5 Å². The fourth-order valence-electron chi connectivity index (χ4n) is 4.32. The minimum absolute atomic E-state index is 0.346. The summed E-state index contributed by atoms with van der Waals surface area (Å²) in [4.78, 5) is 19.1. The molecule has 1 aromatic rings. The molecule has 2 fully saturated rings. The molecule has 1 saturated carbocycles. The number of benzene rings is 1. The van der Waals surface area contributed by atoms with Crippen LogP contribution in [-0.2, 0) is 4.79 Å². The van der Waals surface area contributed by atoms with Crippen molar-refractivity contribution in [2.45, 2.75) is 44.6 Å². The molecule has 0 atom stereocenters. The van der Waals surface area contributed by atoms with E-state index in [1.165, 1.54) is 42.0 Å². The predicted molar refractivity (Wildman–Crippen MR) is 107 cm³/mol. The Morgan fingerprint density at radius 2 is 1.93 bits per heavy atom. The van der Waals surface area contributed by atoms with Crippen LogP contribution in [0.4, 0.5) is 5.69 Å². The first-order chi connectivity index (χ1) is 13.2. The number of carbonyl (C=O) groups is 1. The summed E-state index contributed by atoms with van der Waals surface area (Å²) in [6, 6.07) is 8.77.